The standard InChI is InChI=1S/C16H13FN2O2S/c1-10-6-7-11(8-12(10)17)18-15(20)9-22-16-19-13-4-2-3-5-14(13)21-16/h2-8H,9H2,1H3,(H,18,20). The lowest BCUT2D eigenvalue weighted by molar-refractivity contribution is -0.113. The number of thioether (sulfide) groups is 1. The average Bonchev–Trinajstić information content (AvgIpc) is 2.92. The minimum absolute atomic E-state index is 0.141. The number of hydrogen-bond acceptors (Lipinski definition) is 4. The quantitative estimate of drug-likeness (QED) is 0.739. The van der Waals surface area contributed by atoms with Crippen LogP contribution in [0.15, 0.2) is 52.1 Å². The molecule has 1 heterocycles. The van der Waals surface area contributed by atoms with Crippen LogP contribution in [0.2, 0.25) is 0 Å². The van der Waals surface area contributed by atoms with Crippen molar-refractivity contribution in [1.82, 2.24) is 4.98 Å². The van der Waals surface area contributed by atoms with Crippen LogP contribution >= 0.6 is 11.8 Å². The number of para-hydroxylation sites is 2. The van der Waals surface area contributed by atoms with Crippen LogP contribution in [-0.4, -0.2) is 16.6 Å². The lowest BCUT2D eigenvalue weighted by Crippen LogP contribution is -2.14. The number of amides is 1. The molecule has 1 amide bonds. The summed E-state index contributed by atoms with van der Waals surface area (Å²) in [5.41, 5.74) is 2.42. The van der Waals surface area contributed by atoms with Gasteiger partial charge in [-0.15, -0.1) is 0 Å². The molecule has 0 aliphatic carbocycles. The second-order valence-electron chi connectivity index (χ2n) is 4.75. The van der Waals surface area contributed by atoms with Crippen LogP contribution in [0.25, 0.3) is 11.1 Å². The molecule has 1 aromatic heterocycles. The average molecular weight is 316 g/mol. The van der Waals surface area contributed by atoms with Crippen molar-refractivity contribution >= 4 is 34.5 Å². The van der Waals surface area contributed by atoms with Crippen LogP contribution in [0.1, 0.15) is 5.56 Å². The highest BCUT2D eigenvalue weighted by molar-refractivity contribution is 7.99. The molecule has 4 nitrogen and oxygen atoms in total. The molecule has 0 spiro atoms. The maximum atomic E-state index is 13.4. The number of benzene rings is 2. The van der Waals surface area contributed by atoms with E-state index in [0.29, 0.717) is 22.1 Å². The second kappa shape index (κ2) is 6.19. The number of aryl methyl sites for hydroxylation is 1. The lowest BCUT2D eigenvalue weighted by atomic mass is 10.2. The molecule has 0 radical (unpaired) electrons. The van der Waals surface area contributed by atoms with E-state index in [-0.39, 0.29) is 17.5 Å². The number of nitrogens with one attached hydrogen (secondary N) is 1. The van der Waals surface area contributed by atoms with Crippen molar-refractivity contribution in [3.63, 3.8) is 0 Å². The first-order valence-corrected chi connectivity index (χ1v) is 7.65. The molecule has 0 atom stereocenters. The Morgan fingerprint density at radius 1 is 1.32 bits per heavy atom. The smallest absolute Gasteiger partial charge is 0.257 e. The number of carbonyl (C=O) groups is 1. The summed E-state index contributed by atoms with van der Waals surface area (Å²) in [5, 5.41) is 3.08. The van der Waals surface area contributed by atoms with Crippen molar-refractivity contribution in [3.8, 4) is 0 Å². The Morgan fingerprint density at radius 2 is 2.14 bits per heavy atom. The minimum atomic E-state index is -0.343. The molecular formula is C16H13FN2O2S. The van der Waals surface area contributed by atoms with Gasteiger partial charge in [0.15, 0.2) is 5.58 Å². The predicted molar refractivity (Wildman–Crippen MR) is 84.5 cm³/mol. The summed E-state index contributed by atoms with van der Waals surface area (Å²) in [5.74, 6) is -0.442. The molecule has 3 aromatic rings. The Bertz CT molecular complexity index is 799. The summed E-state index contributed by atoms with van der Waals surface area (Å²) in [6, 6.07) is 12.0. The van der Waals surface area contributed by atoms with E-state index < -0.39 is 0 Å². The largest absolute Gasteiger partial charge is 0.431 e. The van der Waals surface area contributed by atoms with Crippen LogP contribution in [0.5, 0.6) is 0 Å². The van der Waals surface area contributed by atoms with Gasteiger partial charge in [-0.05, 0) is 36.8 Å². The van der Waals surface area contributed by atoms with E-state index in [1.54, 1.807) is 19.1 Å². The fourth-order valence-corrected chi connectivity index (χ4v) is 2.55. The third-order valence-electron chi connectivity index (χ3n) is 3.06. The highest BCUT2D eigenvalue weighted by atomic mass is 32.2. The molecule has 1 N–H and O–H groups in total. The van der Waals surface area contributed by atoms with Gasteiger partial charge >= 0.3 is 0 Å². The van der Waals surface area contributed by atoms with Crippen molar-refractivity contribution in [3.05, 3.63) is 53.8 Å². The molecule has 0 saturated carbocycles. The Balaban J connectivity index is 1.60. The number of oxazole rings is 1. The molecule has 0 unspecified atom stereocenters. The number of rotatable bonds is 4. The van der Waals surface area contributed by atoms with Crippen LogP contribution in [0.4, 0.5) is 10.1 Å². The topological polar surface area (TPSA) is 55.1 Å². The first-order valence-electron chi connectivity index (χ1n) is 6.66. The fraction of sp³-hybridized carbons (Fsp3) is 0.125. The number of halogens is 1. The molecule has 6 heteroatoms. The van der Waals surface area contributed by atoms with E-state index >= 15 is 0 Å². The number of nitrogens with zero attached hydrogens (tertiary/aromatic N) is 1. The summed E-state index contributed by atoms with van der Waals surface area (Å²) < 4.78 is 18.9. The summed E-state index contributed by atoms with van der Waals surface area (Å²) in [4.78, 5) is 16.1. The molecule has 0 saturated heterocycles. The van der Waals surface area contributed by atoms with Gasteiger partial charge in [-0.2, -0.15) is 0 Å². The van der Waals surface area contributed by atoms with Crippen LogP contribution in [0, 0.1) is 12.7 Å². The summed E-state index contributed by atoms with van der Waals surface area (Å²) in [6.45, 7) is 1.67. The maximum absolute atomic E-state index is 13.4. The number of anilines is 1. The Labute approximate surface area is 130 Å². The number of aromatic nitrogens is 1. The van der Waals surface area contributed by atoms with Crippen molar-refractivity contribution in [1.29, 1.82) is 0 Å². The maximum Gasteiger partial charge on any atom is 0.257 e. The van der Waals surface area contributed by atoms with E-state index in [9.17, 15) is 9.18 Å². The van der Waals surface area contributed by atoms with E-state index in [0.717, 1.165) is 5.52 Å². The van der Waals surface area contributed by atoms with E-state index in [1.807, 2.05) is 24.3 Å². The fourth-order valence-electron chi connectivity index (χ4n) is 1.91. The number of hydrogen-bond donors (Lipinski definition) is 1. The summed E-state index contributed by atoms with van der Waals surface area (Å²) in [7, 11) is 0. The molecule has 112 valence electrons. The number of carbonyl (C=O) groups excluding carboxylic acids is 1. The molecule has 0 aliphatic rings. The third-order valence-corrected chi connectivity index (χ3v) is 3.88. The van der Waals surface area contributed by atoms with Gasteiger partial charge in [-0.1, -0.05) is 30.0 Å². The summed E-state index contributed by atoms with van der Waals surface area (Å²) in [6.07, 6.45) is 0. The summed E-state index contributed by atoms with van der Waals surface area (Å²) >= 11 is 1.20. The van der Waals surface area contributed by atoms with Gasteiger partial charge in [0.1, 0.15) is 11.3 Å². The van der Waals surface area contributed by atoms with Gasteiger partial charge in [0.25, 0.3) is 5.22 Å². The van der Waals surface area contributed by atoms with Crippen molar-refractivity contribution in [2.75, 3.05) is 11.1 Å². The van der Waals surface area contributed by atoms with Gasteiger partial charge in [0.2, 0.25) is 5.91 Å². The van der Waals surface area contributed by atoms with Crippen LogP contribution in [0.3, 0.4) is 0 Å². The molecule has 3 rings (SSSR count). The molecule has 0 bridgehead atoms. The zero-order chi connectivity index (χ0) is 15.5. The molecular weight excluding hydrogens is 303 g/mol. The zero-order valence-electron chi connectivity index (χ0n) is 11.8. The number of fused-ring (bicyclic) bond motifs is 1. The van der Waals surface area contributed by atoms with Gasteiger partial charge in [-0.3, -0.25) is 4.79 Å². The van der Waals surface area contributed by atoms with Crippen molar-refractivity contribution < 1.29 is 13.6 Å². The highest BCUT2D eigenvalue weighted by Gasteiger charge is 2.10. The molecule has 2 aromatic carbocycles. The van der Waals surface area contributed by atoms with E-state index in [4.69, 9.17) is 4.42 Å². The van der Waals surface area contributed by atoms with Gasteiger partial charge in [0.05, 0.1) is 5.75 Å². The SMILES string of the molecule is Cc1ccc(NC(=O)CSc2nc3ccccc3o2)cc1F. The normalized spacial score (nSPS) is 10.8. The lowest BCUT2D eigenvalue weighted by Gasteiger charge is -2.05. The first kappa shape index (κ1) is 14.6. The van der Waals surface area contributed by atoms with E-state index in [1.165, 1.54) is 17.8 Å². The van der Waals surface area contributed by atoms with Gasteiger partial charge in [-0.25, -0.2) is 9.37 Å². The molecule has 0 aliphatic heterocycles. The zero-order valence-corrected chi connectivity index (χ0v) is 12.6. The van der Waals surface area contributed by atoms with Crippen LogP contribution < -0.4 is 5.32 Å². The van der Waals surface area contributed by atoms with Gasteiger partial charge < -0.3 is 9.73 Å². The van der Waals surface area contributed by atoms with E-state index in [2.05, 4.69) is 10.3 Å². The molecule has 22 heavy (non-hydrogen) atoms. The minimum Gasteiger partial charge on any atom is -0.431 e. The Morgan fingerprint density at radius 3 is 2.91 bits per heavy atom. The molecule has 0 fully saturated rings. The predicted octanol–water partition coefficient (Wildman–Crippen LogP) is 4.01. The third kappa shape index (κ3) is 3.28. The monoisotopic (exact) mass is 316 g/mol. The van der Waals surface area contributed by atoms with Crippen LogP contribution in [-0.2, 0) is 4.79 Å². The van der Waals surface area contributed by atoms with Gasteiger partial charge in [0, 0.05) is 5.69 Å². The highest BCUT2D eigenvalue weighted by Crippen LogP contribution is 2.23. The Hall–Kier alpha value is -2.34. The first-order chi connectivity index (χ1) is 10.6. The van der Waals surface area contributed by atoms with Crippen molar-refractivity contribution in [2.45, 2.75) is 12.1 Å². The second-order valence-corrected chi connectivity index (χ2v) is 5.67. The Kier molecular flexibility index (Phi) is 4.11. The van der Waals surface area contributed by atoms with Crippen molar-refractivity contribution in [2.24, 2.45) is 0 Å².